The van der Waals surface area contributed by atoms with Crippen LogP contribution in [-0.4, -0.2) is 59.4 Å². The first-order chi connectivity index (χ1) is 13.4. The number of tetrazole rings is 1. The third kappa shape index (κ3) is 8.06. The molecule has 0 fully saturated rings. The van der Waals surface area contributed by atoms with Crippen molar-refractivity contribution in [2.75, 3.05) is 19.1 Å². The van der Waals surface area contributed by atoms with Gasteiger partial charge in [0.15, 0.2) is 5.82 Å². The Hall–Kier alpha value is -2.69. The zero-order valence-corrected chi connectivity index (χ0v) is 18.1. The van der Waals surface area contributed by atoms with Gasteiger partial charge in [0.2, 0.25) is 0 Å². The second-order valence-corrected chi connectivity index (χ2v) is 9.88. The van der Waals surface area contributed by atoms with Crippen molar-refractivity contribution in [1.82, 2.24) is 25.5 Å². The first kappa shape index (κ1) is 22.6. The Labute approximate surface area is 170 Å². The number of benzene rings is 1. The normalized spacial score (nSPS) is 13.0. The van der Waals surface area contributed by atoms with Gasteiger partial charge >= 0.3 is 6.09 Å². The predicted octanol–water partition coefficient (Wildman–Crippen LogP) is 1.53. The Balaban J connectivity index is 2.19. The molecule has 1 aromatic heterocycles. The van der Waals surface area contributed by atoms with Crippen molar-refractivity contribution in [3.05, 3.63) is 35.7 Å². The number of nitrogens with one attached hydrogen (secondary N) is 1. The zero-order valence-electron chi connectivity index (χ0n) is 17.2. The Bertz CT molecular complexity index is 919. The number of sulfone groups is 1. The molecule has 0 bridgehead atoms. The summed E-state index contributed by atoms with van der Waals surface area (Å²) in [5, 5.41) is 14.9. The maximum Gasteiger partial charge on any atom is 0.408 e. The molecule has 160 valence electrons. The summed E-state index contributed by atoms with van der Waals surface area (Å²) in [7, 11) is -1.57. The van der Waals surface area contributed by atoms with Gasteiger partial charge in [-0.05, 0) is 43.7 Å². The molecule has 2 rings (SSSR count). The van der Waals surface area contributed by atoms with Gasteiger partial charge in [0.05, 0.1) is 19.4 Å². The molecule has 0 aliphatic carbocycles. The van der Waals surface area contributed by atoms with Gasteiger partial charge in [0.1, 0.15) is 27.2 Å². The van der Waals surface area contributed by atoms with Crippen LogP contribution in [-0.2, 0) is 27.5 Å². The molecule has 1 atom stereocenters. The van der Waals surface area contributed by atoms with Crippen LogP contribution in [0, 0.1) is 0 Å². The Morgan fingerprint density at radius 3 is 2.45 bits per heavy atom. The van der Waals surface area contributed by atoms with Crippen LogP contribution in [0.2, 0.25) is 0 Å². The number of hydrogen-bond donors (Lipinski definition) is 1. The lowest BCUT2D eigenvalue weighted by molar-refractivity contribution is 0.0501. The minimum Gasteiger partial charge on any atom is -0.497 e. The van der Waals surface area contributed by atoms with Crippen LogP contribution in [0.15, 0.2) is 24.3 Å². The molecular formula is C18H27N5O5S. The summed E-state index contributed by atoms with van der Waals surface area (Å²) in [6.45, 7) is 5.38. The number of amides is 1. The minimum atomic E-state index is -3.16. The first-order valence-electron chi connectivity index (χ1n) is 9.03. The second-order valence-electron chi connectivity index (χ2n) is 7.62. The summed E-state index contributed by atoms with van der Waals surface area (Å²) in [5.41, 5.74) is 0.259. The lowest BCUT2D eigenvalue weighted by Gasteiger charge is -2.22. The summed E-state index contributed by atoms with van der Waals surface area (Å²) in [6.07, 6.45) is 0.922. The fourth-order valence-electron chi connectivity index (χ4n) is 2.39. The maximum atomic E-state index is 12.3. The summed E-state index contributed by atoms with van der Waals surface area (Å²) in [5.74, 6) is 0.876. The van der Waals surface area contributed by atoms with Crippen molar-refractivity contribution in [2.45, 2.75) is 45.4 Å². The topological polar surface area (TPSA) is 125 Å². The summed E-state index contributed by atoms with van der Waals surface area (Å²) in [4.78, 5) is 13.5. The van der Waals surface area contributed by atoms with Crippen LogP contribution in [0.25, 0.3) is 0 Å². The lowest BCUT2D eigenvalue weighted by atomic mass is 10.1. The van der Waals surface area contributed by atoms with E-state index in [1.54, 1.807) is 27.9 Å². The lowest BCUT2D eigenvalue weighted by Crippen LogP contribution is -2.36. The third-order valence-corrected chi connectivity index (χ3v) is 4.66. The number of aromatic nitrogens is 4. The van der Waals surface area contributed by atoms with Crippen LogP contribution in [0.5, 0.6) is 5.75 Å². The van der Waals surface area contributed by atoms with Crippen molar-refractivity contribution in [2.24, 2.45) is 0 Å². The van der Waals surface area contributed by atoms with Gasteiger partial charge in [0, 0.05) is 12.7 Å². The van der Waals surface area contributed by atoms with Gasteiger partial charge in [-0.3, -0.25) is 0 Å². The number of carbonyl (C=O) groups excluding carboxylic acids is 1. The van der Waals surface area contributed by atoms with E-state index in [4.69, 9.17) is 9.47 Å². The molecule has 1 heterocycles. The molecule has 1 N–H and O–H groups in total. The summed E-state index contributed by atoms with van der Waals surface area (Å²) < 4.78 is 33.2. The van der Waals surface area contributed by atoms with Crippen LogP contribution in [0.3, 0.4) is 0 Å². The number of alkyl carbamates (subject to hydrolysis) is 1. The Morgan fingerprint density at radius 1 is 1.24 bits per heavy atom. The first-order valence-corrected chi connectivity index (χ1v) is 11.1. The number of hydrogen-bond acceptors (Lipinski definition) is 8. The Kier molecular flexibility index (Phi) is 7.17. The van der Waals surface area contributed by atoms with Gasteiger partial charge in [0.25, 0.3) is 0 Å². The second kappa shape index (κ2) is 9.21. The molecule has 1 amide bonds. The highest BCUT2D eigenvalue weighted by Crippen LogP contribution is 2.19. The maximum absolute atomic E-state index is 12.3. The minimum absolute atomic E-state index is 0.0769. The van der Waals surface area contributed by atoms with E-state index in [9.17, 15) is 13.2 Å². The fourth-order valence-corrected chi connectivity index (χ4v) is 2.89. The molecule has 11 heteroatoms. The molecule has 29 heavy (non-hydrogen) atoms. The molecule has 0 saturated heterocycles. The molecule has 2 aromatic rings. The largest absolute Gasteiger partial charge is 0.497 e. The van der Waals surface area contributed by atoms with E-state index in [1.807, 2.05) is 24.3 Å². The standard InChI is InChI=1S/C18H27N5O5S/c1-18(2,3)28-17(24)19-15(12-13-6-8-14(27-4)9-7-13)16-20-22-23(21-16)10-11-29(5,25)26/h6-9,15H,10-12H2,1-5H3,(H,19,24)/t15-/m0/s1. The number of nitrogens with zero attached hydrogens (tertiary/aromatic N) is 4. The molecular weight excluding hydrogens is 398 g/mol. The van der Waals surface area contributed by atoms with Crippen molar-refractivity contribution in [3.63, 3.8) is 0 Å². The van der Waals surface area contributed by atoms with Gasteiger partial charge in [-0.25, -0.2) is 13.2 Å². The number of carbonyl (C=O) groups is 1. The summed E-state index contributed by atoms with van der Waals surface area (Å²) in [6, 6.07) is 6.77. The highest BCUT2D eigenvalue weighted by molar-refractivity contribution is 7.90. The van der Waals surface area contributed by atoms with Crippen LogP contribution >= 0.6 is 0 Å². The molecule has 0 aliphatic heterocycles. The number of rotatable bonds is 8. The van der Waals surface area contributed by atoms with E-state index in [-0.39, 0.29) is 18.1 Å². The van der Waals surface area contributed by atoms with E-state index in [0.29, 0.717) is 6.42 Å². The van der Waals surface area contributed by atoms with E-state index >= 15 is 0 Å². The molecule has 0 aliphatic rings. The number of ether oxygens (including phenoxy) is 2. The third-order valence-electron chi connectivity index (χ3n) is 3.73. The number of methoxy groups -OCH3 is 1. The quantitative estimate of drug-likeness (QED) is 0.675. The Morgan fingerprint density at radius 2 is 1.90 bits per heavy atom. The SMILES string of the molecule is COc1ccc(C[C@H](NC(=O)OC(C)(C)C)c2nnn(CCS(C)(=O)=O)n2)cc1. The molecule has 0 spiro atoms. The molecule has 0 saturated carbocycles. The van der Waals surface area contributed by atoms with Crippen molar-refractivity contribution < 1.29 is 22.7 Å². The number of aryl methyl sites for hydroxylation is 1. The highest BCUT2D eigenvalue weighted by Gasteiger charge is 2.24. The van der Waals surface area contributed by atoms with Crippen molar-refractivity contribution >= 4 is 15.9 Å². The van der Waals surface area contributed by atoms with E-state index in [1.165, 1.54) is 4.80 Å². The molecule has 1 aromatic carbocycles. The van der Waals surface area contributed by atoms with Crippen molar-refractivity contribution in [3.8, 4) is 5.75 Å². The van der Waals surface area contributed by atoms with Gasteiger partial charge < -0.3 is 14.8 Å². The van der Waals surface area contributed by atoms with Crippen LogP contribution < -0.4 is 10.1 Å². The fraction of sp³-hybridized carbons (Fsp3) is 0.556. The van der Waals surface area contributed by atoms with Crippen molar-refractivity contribution in [1.29, 1.82) is 0 Å². The van der Waals surface area contributed by atoms with Gasteiger partial charge in [-0.1, -0.05) is 12.1 Å². The van der Waals surface area contributed by atoms with Crippen LogP contribution in [0.4, 0.5) is 4.79 Å². The van der Waals surface area contributed by atoms with E-state index in [0.717, 1.165) is 17.6 Å². The average Bonchev–Trinajstić information content (AvgIpc) is 3.07. The molecule has 0 unspecified atom stereocenters. The van der Waals surface area contributed by atoms with E-state index < -0.39 is 27.6 Å². The zero-order chi connectivity index (χ0) is 21.7. The molecule has 0 radical (unpaired) electrons. The smallest absolute Gasteiger partial charge is 0.408 e. The predicted molar refractivity (Wildman–Crippen MR) is 106 cm³/mol. The average molecular weight is 426 g/mol. The van der Waals surface area contributed by atoms with E-state index in [2.05, 4.69) is 20.7 Å². The van der Waals surface area contributed by atoms with Crippen LogP contribution in [0.1, 0.15) is 38.2 Å². The molecule has 10 nitrogen and oxygen atoms in total. The highest BCUT2D eigenvalue weighted by atomic mass is 32.2. The summed E-state index contributed by atoms with van der Waals surface area (Å²) >= 11 is 0. The van der Waals surface area contributed by atoms with Gasteiger partial charge in [-0.15, -0.1) is 10.2 Å². The monoisotopic (exact) mass is 425 g/mol. The van der Waals surface area contributed by atoms with Gasteiger partial charge in [-0.2, -0.15) is 4.80 Å².